The Morgan fingerprint density at radius 1 is 1.00 bits per heavy atom. The zero-order valence-electron chi connectivity index (χ0n) is 13.6. The summed E-state index contributed by atoms with van der Waals surface area (Å²) in [4.78, 5) is 27.0. The number of hydrogen-bond acceptors (Lipinski definition) is 3. The maximum absolute atomic E-state index is 13.0. The summed E-state index contributed by atoms with van der Waals surface area (Å²) in [6.07, 6.45) is 1.06. The number of methoxy groups -OCH3 is 1. The Hall–Kier alpha value is -2.62. The van der Waals surface area contributed by atoms with Crippen LogP contribution in [-0.4, -0.2) is 23.8 Å². The maximum Gasteiger partial charge on any atom is 0.233 e. The van der Waals surface area contributed by atoms with Crippen molar-refractivity contribution in [2.24, 2.45) is 5.92 Å². The van der Waals surface area contributed by atoms with Gasteiger partial charge in [0.25, 0.3) is 0 Å². The molecule has 4 heteroatoms. The number of amides is 2. The van der Waals surface area contributed by atoms with E-state index in [1.807, 2.05) is 48.5 Å². The molecule has 2 aromatic carbocycles. The Morgan fingerprint density at radius 2 is 1.79 bits per heavy atom. The topological polar surface area (TPSA) is 46.6 Å². The standard InChI is InChI=1S/C20H19NO3/c1-24-17-9-5-8-14-10-16-15(19(14)17)11-18(22)21(20(16)23)12-13-6-3-2-4-7-13/h2-9,15-16H,10-12H2,1H3/t15-,16+/m1/s1. The predicted molar refractivity (Wildman–Crippen MR) is 89.5 cm³/mol. The molecule has 1 aliphatic heterocycles. The van der Waals surface area contributed by atoms with Gasteiger partial charge in [0.05, 0.1) is 19.6 Å². The average Bonchev–Trinajstić information content (AvgIpc) is 2.98. The lowest BCUT2D eigenvalue weighted by Crippen LogP contribution is -2.46. The van der Waals surface area contributed by atoms with Crippen LogP contribution in [0.3, 0.4) is 0 Å². The van der Waals surface area contributed by atoms with Crippen molar-refractivity contribution in [3.05, 3.63) is 65.2 Å². The number of carbonyl (C=O) groups is 2. The second-order valence-corrected chi connectivity index (χ2v) is 6.46. The second-order valence-electron chi connectivity index (χ2n) is 6.46. The molecule has 4 nitrogen and oxygen atoms in total. The molecule has 0 bridgehead atoms. The highest BCUT2D eigenvalue weighted by Gasteiger charge is 2.47. The first-order chi connectivity index (χ1) is 11.7. The van der Waals surface area contributed by atoms with Gasteiger partial charge in [-0.15, -0.1) is 0 Å². The van der Waals surface area contributed by atoms with Crippen LogP contribution in [0.5, 0.6) is 5.75 Å². The number of nitrogens with zero attached hydrogens (tertiary/aromatic N) is 1. The Kier molecular flexibility index (Phi) is 3.60. The Balaban J connectivity index is 1.64. The van der Waals surface area contributed by atoms with Gasteiger partial charge in [-0.05, 0) is 23.6 Å². The Labute approximate surface area is 141 Å². The first kappa shape index (κ1) is 14.9. The van der Waals surface area contributed by atoms with Crippen LogP contribution in [0.2, 0.25) is 0 Å². The zero-order chi connectivity index (χ0) is 16.7. The molecule has 1 fully saturated rings. The van der Waals surface area contributed by atoms with Crippen LogP contribution in [-0.2, 0) is 22.6 Å². The number of piperidine rings is 1. The summed E-state index contributed by atoms with van der Waals surface area (Å²) < 4.78 is 5.46. The van der Waals surface area contributed by atoms with Crippen molar-refractivity contribution in [2.75, 3.05) is 7.11 Å². The minimum atomic E-state index is -0.155. The molecule has 2 atom stereocenters. The van der Waals surface area contributed by atoms with E-state index in [0.29, 0.717) is 19.4 Å². The van der Waals surface area contributed by atoms with Gasteiger partial charge in [0.1, 0.15) is 5.75 Å². The third-order valence-electron chi connectivity index (χ3n) is 5.13. The molecular weight excluding hydrogens is 302 g/mol. The monoisotopic (exact) mass is 321 g/mol. The molecule has 0 aromatic heterocycles. The average molecular weight is 321 g/mol. The molecule has 2 aliphatic rings. The zero-order valence-corrected chi connectivity index (χ0v) is 13.6. The summed E-state index contributed by atoms with van der Waals surface area (Å²) in [5, 5.41) is 0. The van der Waals surface area contributed by atoms with Crippen LogP contribution in [0.25, 0.3) is 0 Å². The van der Waals surface area contributed by atoms with E-state index in [1.54, 1.807) is 7.11 Å². The van der Waals surface area contributed by atoms with E-state index < -0.39 is 0 Å². The van der Waals surface area contributed by atoms with Gasteiger partial charge in [-0.25, -0.2) is 0 Å². The number of benzene rings is 2. The van der Waals surface area contributed by atoms with E-state index >= 15 is 0 Å². The summed E-state index contributed by atoms with van der Waals surface area (Å²) >= 11 is 0. The molecule has 0 radical (unpaired) electrons. The van der Waals surface area contributed by atoms with Crippen molar-refractivity contribution >= 4 is 11.8 Å². The van der Waals surface area contributed by atoms with Gasteiger partial charge in [-0.1, -0.05) is 42.5 Å². The van der Waals surface area contributed by atoms with E-state index in [9.17, 15) is 9.59 Å². The van der Waals surface area contributed by atoms with Crippen LogP contribution in [0.1, 0.15) is 29.0 Å². The highest BCUT2D eigenvalue weighted by atomic mass is 16.5. The summed E-state index contributed by atoms with van der Waals surface area (Å²) in [5.74, 6) is 0.431. The Morgan fingerprint density at radius 3 is 2.54 bits per heavy atom. The molecule has 1 saturated heterocycles. The largest absolute Gasteiger partial charge is 0.496 e. The molecule has 0 unspecified atom stereocenters. The third kappa shape index (κ3) is 2.30. The van der Waals surface area contributed by atoms with Gasteiger partial charge >= 0.3 is 0 Å². The second kappa shape index (κ2) is 5.78. The molecule has 1 aliphatic carbocycles. The molecule has 0 spiro atoms. The van der Waals surface area contributed by atoms with Gasteiger partial charge in [-0.2, -0.15) is 0 Å². The fraction of sp³-hybridized carbons (Fsp3) is 0.300. The van der Waals surface area contributed by atoms with Crippen molar-refractivity contribution in [1.82, 2.24) is 4.90 Å². The van der Waals surface area contributed by atoms with E-state index in [4.69, 9.17) is 4.74 Å². The van der Waals surface area contributed by atoms with Crippen molar-refractivity contribution in [3.8, 4) is 5.75 Å². The molecule has 2 aromatic rings. The maximum atomic E-state index is 13.0. The van der Waals surface area contributed by atoms with Crippen LogP contribution < -0.4 is 4.74 Å². The number of hydrogen-bond donors (Lipinski definition) is 0. The molecule has 1 heterocycles. The third-order valence-corrected chi connectivity index (χ3v) is 5.13. The molecule has 2 amide bonds. The van der Waals surface area contributed by atoms with E-state index in [2.05, 4.69) is 0 Å². The SMILES string of the molecule is COc1cccc2c1[C@@H]1CC(=O)N(Cc3ccccc3)C(=O)[C@H]1C2. The lowest BCUT2D eigenvalue weighted by molar-refractivity contribution is -0.153. The van der Waals surface area contributed by atoms with Gasteiger partial charge in [0, 0.05) is 17.9 Å². The van der Waals surface area contributed by atoms with Crippen molar-refractivity contribution < 1.29 is 14.3 Å². The summed E-state index contributed by atoms with van der Waals surface area (Å²) in [5.41, 5.74) is 3.16. The number of fused-ring (bicyclic) bond motifs is 3. The van der Waals surface area contributed by atoms with Gasteiger partial charge in [0.15, 0.2) is 0 Å². The quantitative estimate of drug-likeness (QED) is 0.817. The first-order valence-electron chi connectivity index (χ1n) is 8.23. The minimum Gasteiger partial charge on any atom is -0.496 e. The van der Waals surface area contributed by atoms with Crippen LogP contribution in [0.4, 0.5) is 0 Å². The highest BCUT2D eigenvalue weighted by Crippen LogP contribution is 2.48. The minimum absolute atomic E-state index is 0.0526. The summed E-state index contributed by atoms with van der Waals surface area (Å²) in [6, 6.07) is 15.6. The van der Waals surface area contributed by atoms with E-state index in [-0.39, 0.29) is 23.7 Å². The van der Waals surface area contributed by atoms with Gasteiger partial charge < -0.3 is 4.74 Å². The lowest BCUT2D eigenvalue weighted by atomic mass is 9.84. The van der Waals surface area contributed by atoms with Crippen LogP contribution in [0.15, 0.2) is 48.5 Å². The predicted octanol–water partition coefficient (Wildman–Crippen LogP) is 2.91. The fourth-order valence-corrected chi connectivity index (χ4v) is 4.00. The number of rotatable bonds is 3. The summed E-state index contributed by atoms with van der Waals surface area (Å²) in [6.45, 7) is 0.356. The fourth-order valence-electron chi connectivity index (χ4n) is 4.00. The molecule has 122 valence electrons. The Bertz CT molecular complexity index is 800. The van der Waals surface area contributed by atoms with E-state index in [1.165, 1.54) is 4.90 Å². The molecule has 4 rings (SSSR count). The normalized spacial score (nSPS) is 22.3. The van der Waals surface area contributed by atoms with Gasteiger partial charge in [0.2, 0.25) is 11.8 Å². The molecular formula is C20H19NO3. The highest BCUT2D eigenvalue weighted by molar-refractivity contribution is 6.00. The van der Waals surface area contributed by atoms with Crippen LogP contribution in [0, 0.1) is 5.92 Å². The number of imide groups is 1. The van der Waals surface area contributed by atoms with E-state index in [0.717, 1.165) is 22.4 Å². The number of ether oxygens (including phenoxy) is 1. The van der Waals surface area contributed by atoms with Crippen molar-refractivity contribution in [1.29, 1.82) is 0 Å². The van der Waals surface area contributed by atoms with Gasteiger partial charge in [-0.3, -0.25) is 14.5 Å². The molecule has 0 saturated carbocycles. The smallest absolute Gasteiger partial charge is 0.233 e. The number of likely N-dealkylation sites (tertiary alicyclic amines) is 1. The van der Waals surface area contributed by atoms with Crippen molar-refractivity contribution in [2.45, 2.75) is 25.3 Å². The molecule has 24 heavy (non-hydrogen) atoms. The lowest BCUT2D eigenvalue weighted by Gasteiger charge is -2.33. The molecule has 0 N–H and O–H groups in total. The first-order valence-corrected chi connectivity index (χ1v) is 8.23. The summed E-state index contributed by atoms with van der Waals surface area (Å²) in [7, 11) is 1.64. The van der Waals surface area contributed by atoms with Crippen LogP contribution >= 0.6 is 0 Å². The number of carbonyl (C=O) groups excluding carboxylic acids is 2. The van der Waals surface area contributed by atoms with Crippen molar-refractivity contribution in [3.63, 3.8) is 0 Å².